The number of hydrogen-bond acceptors (Lipinski definition) is 4. The van der Waals surface area contributed by atoms with Crippen LogP contribution in [0.2, 0.25) is 10.4 Å². The van der Waals surface area contributed by atoms with Crippen molar-refractivity contribution in [3.63, 3.8) is 0 Å². The highest BCUT2D eigenvalue weighted by Gasteiger charge is 2.13. The molecule has 0 atom stereocenters. The molecule has 2 rings (SSSR count). The number of halogens is 2. The maximum absolute atomic E-state index is 6.12. The van der Waals surface area contributed by atoms with E-state index in [9.17, 15) is 0 Å². The summed E-state index contributed by atoms with van der Waals surface area (Å²) in [5.74, 6) is 1.41. The van der Waals surface area contributed by atoms with Gasteiger partial charge in [-0.25, -0.2) is 9.97 Å². The first-order valence-electron chi connectivity index (χ1n) is 6.49. The van der Waals surface area contributed by atoms with E-state index in [0.29, 0.717) is 17.3 Å². The van der Waals surface area contributed by atoms with Crippen LogP contribution in [0, 0.1) is 0 Å². The van der Waals surface area contributed by atoms with Crippen LogP contribution in [-0.2, 0) is 12.8 Å². The van der Waals surface area contributed by atoms with E-state index in [1.165, 1.54) is 5.56 Å². The van der Waals surface area contributed by atoms with Crippen LogP contribution in [0.25, 0.3) is 0 Å². The van der Waals surface area contributed by atoms with Gasteiger partial charge in [0.1, 0.15) is 5.15 Å². The van der Waals surface area contributed by atoms with Crippen molar-refractivity contribution < 1.29 is 9.47 Å². The van der Waals surface area contributed by atoms with Gasteiger partial charge in [0.15, 0.2) is 11.5 Å². The molecule has 6 heteroatoms. The highest BCUT2D eigenvalue weighted by Crippen LogP contribution is 2.32. The van der Waals surface area contributed by atoms with Crippen LogP contribution in [0.15, 0.2) is 18.3 Å². The fourth-order valence-corrected chi connectivity index (χ4v) is 2.52. The lowest BCUT2D eigenvalue weighted by Crippen LogP contribution is -2.01. The summed E-state index contributed by atoms with van der Waals surface area (Å²) in [6.07, 6.45) is 3.13. The van der Waals surface area contributed by atoms with Crippen molar-refractivity contribution in [3.05, 3.63) is 45.5 Å². The summed E-state index contributed by atoms with van der Waals surface area (Å²) in [5, 5.41) is 0.513. The van der Waals surface area contributed by atoms with Gasteiger partial charge in [0, 0.05) is 18.2 Å². The van der Waals surface area contributed by atoms with Gasteiger partial charge >= 0.3 is 0 Å². The Morgan fingerprint density at radius 1 is 1.00 bits per heavy atom. The number of aromatic nitrogens is 2. The molecule has 0 aliphatic heterocycles. The molecular weight excluding hydrogens is 311 g/mol. The van der Waals surface area contributed by atoms with Gasteiger partial charge in [-0.05, 0) is 41.3 Å². The van der Waals surface area contributed by atoms with Crippen LogP contribution >= 0.6 is 23.2 Å². The van der Waals surface area contributed by atoms with Gasteiger partial charge in [-0.2, -0.15) is 0 Å². The van der Waals surface area contributed by atoms with E-state index < -0.39 is 0 Å². The molecule has 1 aromatic carbocycles. The van der Waals surface area contributed by atoms with Crippen molar-refractivity contribution in [2.45, 2.75) is 19.8 Å². The van der Waals surface area contributed by atoms with Gasteiger partial charge in [-0.15, -0.1) is 0 Å². The molecule has 0 saturated carbocycles. The molecule has 0 unspecified atom stereocenters. The molecule has 21 heavy (non-hydrogen) atoms. The minimum atomic E-state index is 0.145. The Balaban J connectivity index is 2.42. The van der Waals surface area contributed by atoms with E-state index in [1.807, 2.05) is 12.1 Å². The summed E-state index contributed by atoms with van der Waals surface area (Å²) in [4.78, 5) is 7.95. The molecule has 0 radical (unpaired) electrons. The Kier molecular flexibility index (Phi) is 5.26. The minimum absolute atomic E-state index is 0.145. The lowest BCUT2D eigenvalue weighted by Gasteiger charge is -2.14. The fraction of sp³-hybridized carbons (Fsp3) is 0.333. The molecule has 0 aliphatic carbocycles. The van der Waals surface area contributed by atoms with E-state index in [4.69, 9.17) is 32.7 Å². The van der Waals surface area contributed by atoms with Gasteiger partial charge in [0.25, 0.3) is 0 Å². The predicted octanol–water partition coefficient (Wildman–Crippen LogP) is 3.95. The average molecular weight is 327 g/mol. The standard InChI is InChI=1S/C15H16Cl2N2O2/c1-4-9-6-12(20-2)13(21-3)7-10(9)5-11-8-18-15(17)19-14(11)16/h6-8H,4-5H2,1-3H3. The Labute approximate surface area is 134 Å². The van der Waals surface area contributed by atoms with E-state index in [2.05, 4.69) is 16.9 Å². The Hall–Kier alpha value is -1.52. The first-order valence-corrected chi connectivity index (χ1v) is 7.25. The zero-order valence-electron chi connectivity index (χ0n) is 12.1. The molecule has 0 spiro atoms. The Bertz CT molecular complexity index is 648. The lowest BCUT2D eigenvalue weighted by atomic mass is 9.98. The average Bonchev–Trinajstić information content (AvgIpc) is 2.49. The number of nitrogens with zero attached hydrogens (tertiary/aromatic N) is 2. The normalized spacial score (nSPS) is 10.5. The molecule has 0 fully saturated rings. The van der Waals surface area contributed by atoms with Crippen LogP contribution in [-0.4, -0.2) is 24.2 Å². The van der Waals surface area contributed by atoms with Crippen molar-refractivity contribution in [1.29, 1.82) is 0 Å². The molecule has 0 N–H and O–H groups in total. The van der Waals surface area contributed by atoms with Gasteiger partial charge in [-0.3, -0.25) is 0 Å². The van der Waals surface area contributed by atoms with E-state index in [-0.39, 0.29) is 5.28 Å². The summed E-state index contributed by atoms with van der Waals surface area (Å²) in [6, 6.07) is 3.95. The third-order valence-electron chi connectivity index (χ3n) is 3.25. The Morgan fingerprint density at radius 2 is 1.62 bits per heavy atom. The molecule has 0 bridgehead atoms. The number of methoxy groups -OCH3 is 2. The van der Waals surface area contributed by atoms with Crippen molar-refractivity contribution in [1.82, 2.24) is 9.97 Å². The van der Waals surface area contributed by atoms with Crippen LogP contribution in [0.1, 0.15) is 23.6 Å². The summed E-state index contributed by atoms with van der Waals surface area (Å²) < 4.78 is 10.7. The largest absolute Gasteiger partial charge is 0.493 e. The second kappa shape index (κ2) is 6.96. The van der Waals surface area contributed by atoms with Crippen molar-refractivity contribution >= 4 is 23.2 Å². The molecule has 0 aliphatic rings. The van der Waals surface area contributed by atoms with Gasteiger partial charge in [-0.1, -0.05) is 18.5 Å². The van der Waals surface area contributed by atoms with E-state index >= 15 is 0 Å². The van der Waals surface area contributed by atoms with Gasteiger partial charge < -0.3 is 9.47 Å². The summed E-state index contributed by atoms with van der Waals surface area (Å²) >= 11 is 11.8. The van der Waals surface area contributed by atoms with Gasteiger partial charge in [0.2, 0.25) is 5.28 Å². The number of benzene rings is 1. The molecule has 112 valence electrons. The highest BCUT2D eigenvalue weighted by atomic mass is 35.5. The quantitative estimate of drug-likeness (QED) is 0.616. The zero-order chi connectivity index (χ0) is 15.4. The smallest absolute Gasteiger partial charge is 0.223 e. The first-order chi connectivity index (χ1) is 10.1. The number of aryl methyl sites for hydroxylation is 1. The summed E-state index contributed by atoms with van der Waals surface area (Å²) in [6.45, 7) is 2.09. The third kappa shape index (κ3) is 3.57. The van der Waals surface area contributed by atoms with Crippen molar-refractivity contribution in [2.24, 2.45) is 0 Å². The van der Waals surface area contributed by atoms with Crippen LogP contribution in [0.5, 0.6) is 11.5 Å². The maximum Gasteiger partial charge on any atom is 0.223 e. The first kappa shape index (κ1) is 15.9. The van der Waals surface area contributed by atoms with Gasteiger partial charge in [0.05, 0.1) is 14.2 Å². The zero-order valence-corrected chi connectivity index (χ0v) is 13.6. The molecule has 0 saturated heterocycles. The summed E-state index contributed by atoms with van der Waals surface area (Å²) in [7, 11) is 3.24. The van der Waals surface area contributed by atoms with Crippen LogP contribution < -0.4 is 9.47 Å². The molecule has 1 heterocycles. The Morgan fingerprint density at radius 3 is 2.14 bits per heavy atom. The predicted molar refractivity (Wildman–Crippen MR) is 83.8 cm³/mol. The third-order valence-corrected chi connectivity index (χ3v) is 3.76. The number of rotatable bonds is 5. The SMILES string of the molecule is CCc1cc(OC)c(OC)cc1Cc1cnc(Cl)nc1Cl. The lowest BCUT2D eigenvalue weighted by molar-refractivity contribution is 0.354. The highest BCUT2D eigenvalue weighted by molar-refractivity contribution is 6.32. The topological polar surface area (TPSA) is 44.2 Å². The summed E-state index contributed by atoms with van der Waals surface area (Å²) in [5.41, 5.74) is 3.09. The maximum atomic E-state index is 6.12. The molecule has 4 nitrogen and oxygen atoms in total. The van der Waals surface area contributed by atoms with Crippen LogP contribution in [0.4, 0.5) is 0 Å². The van der Waals surface area contributed by atoms with Crippen molar-refractivity contribution in [3.8, 4) is 11.5 Å². The monoisotopic (exact) mass is 326 g/mol. The second-order valence-corrected chi connectivity index (χ2v) is 5.16. The van der Waals surface area contributed by atoms with E-state index in [0.717, 1.165) is 23.3 Å². The second-order valence-electron chi connectivity index (χ2n) is 4.46. The van der Waals surface area contributed by atoms with Crippen LogP contribution in [0.3, 0.4) is 0 Å². The number of ether oxygens (including phenoxy) is 2. The molecule has 1 aromatic heterocycles. The minimum Gasteiger partial charge on any atom is -0.493 e. The molecule has 2 aromatic rings. The van der Waals surface area contributed by atoms with Crippen molar-refractivity contribution in [2.75, 3.05) is 14.2 Å². The number of hydrogen-bond donors (Lipinski definition) is 0. The fourth-order valence-electron chi connectivity index (χ4n) is 2.15. The molecule has 0 amide bonds. The molecular formula is C15H16Cl2N2O2. The van der Waals surface area contributed by atoms with E-state index in [1.54, 1.807) is 20.4 Å².